The lowest BCUT2D eigenvalue weighted by Crippen LogP contribution is -2.28. The summed E-state index contributed by atoms with van der Waals surface area (Å²) in [5.41, 5.74) is -0.424. The van der Waals surface area contributed by atoms with Crippen molar-refractivity contribution in [2.45, 2.75) is 19.4 Å². The second-order valence-electron chi connectivity index (χ2n) is 3.05. The predicted octanol–water partition coefficient (Wildman–Crippen LogP) is 0.797. The van der Waals surface area contributed by atoms with Crippen molar-refractivity contribution in [1.29, 1.82) is 0 Å². The zero-order valence-corrected chi connectivity index (χ0v) is 7.42. The number of methoxy groups -OCH3 is 1. The number of ketones is 1. The van der Waals surface area contributed by atoms with Crippen LogP contribution < -0.4 is 0 Å². The number of hydrogen-bond donors (Lipinski definition) is 1. The van der Waals surface area contributed by atoms with Crippen LogP contribution in [0.25, 0.3) is 0 Å². The highest BCUT2D eigenvalue weighted by Crippen LogP contribution is 2.24. The van der Waals surface area contributed by atoms with Crippen LogP contribution in [0.1, 0.15) is 13.8 Å². The lowest BCUT2D eigenvalue weighted by Gasteiger charge is -2.24. The molecule has 0 aromatic carbocycles. The van der Waals surface area contributed by atoms with Gasteiger partial charge in [0.05, 0.1) is 7.11 Å². The summed E-state index contributed by atoms with van der Waals surface area (Å²) in [4.78, 5) is 11.1. The maximum atomic E-state index is 11.1. The second-order valence-corrected chi connectivity index (χ2v) is 3.05. The molecule has 0 bridgehead atoms. The fraction of sp³-hybridized carbons (Fsp3) is 0.444. The van der Waals surface area contributed by atoms with Crippen LogP contribution in [0.5, 0.6) is 0 Å². The number of rotatable bonds is 1. The molecule has 1 aliphatic rings. The van der Waals surface area contributed by atoms with Crippen molar-refractivity contribution in [1.82, 2.24) is 0 Å². The average molecular weight is 168 g/mol. The Hall–Kier alpha value is -1.09. The van der Waals surface area contributed by atoms with Crippen LogP contribution in [0.4, 0.5) is 0 Å². The molecule has 0 aromatic rings. The van der Waals surface area contributed by atoms with Gasteiger partial charge in [-0.3, -0.25) is 4.79 Å². The lowest BCUT2D eigenvalue weighted by atomic mass is 9.90. The Kier molecular flexibility index (Phi) is 2.06. The third-order valence-corrected chi connectivity index (χ3v) is 2.02. The molecule has 3 heteroatoms. The van der Waals surface area contributed by atoms with E-state index in [0.29, 0.717) is 5.57 Å². The van der Waals surface area contributed by atoms with E-state index >= 15 is 0 Å². The molecule has 12 heavy (non-hydrogen) atoms. The van der Waals surface area contributed by atoms with Gasteiger partial charge in [-0.1, -0.05) is 0 Å². The predicted molar refractivity (Wildman–Crippen MR) is 44.5 cm³/mol. The Morgan fingerprint density at radius 2 is 2.17 bits per heavy atom. The van der Waals surface area contributed by atoms with Crippen molar-refractivity contribution < 1.29 is 14.6 Å². The largest absolute Gasteiger partial charge is 0.493 e. The van der Waals surface area contributed by atoms with Gasteiger partial charge in [-0.15, -0.1) is 0 Å². The quantitative estimate of drug-likeness (QED) is 0.629. The van der Waals surface area contributed by atoms with Gasteiger partial charge in [0.1, 0.15) is 5.60 Å². The number of carbonyl (C=O) groups is 1. The monoisotopic (exact) mass is 168 g/mol. The molecule has 0 saturated heterocycles. The van der Waals surface area contributed by atoms with Gasteiger partial charge in [-0.25, -0.2) is 0 Å². The summed E-state index contributed by atoms with van der Waals surface area (Å²) in [7, 11) is 1.41. The normalized spacial score (nSPS) is 29.5. The number of ether oxygens (including phenoxy) is 1. The van der Waals surface area contributed by atoms with E-state index in [-0.39, 0.29) is 11.5 Å². The Morgan fingerprint density at radius 1 is 1.58 bits per heavy atom. The molecule has 66 valence electrons. The molecule has 0 heterocycles. The summed E-state index contributed by atoms with van der Waals surface area (Å²) in [5, 5.41) is 9.69. The second kappa shape index (κ2) is 2.75. The van der Waals surface area contributed by atoms with Gasteiger partial charge in [0.2, 0.25) is 5.78 Å². The molecule has 0 saturated carbocycles. The molecular weight excluding hydrogens is 156 g/mol. The maximum absolute atomic E-state index is 11.1. The minimum Gasteiger partial charge on any atom is -0.493 e. The molecule has 0 spiro atoms. The minimum absolute atomic E-state index is 0.193. The third-order valence-electron chi connectivity index (χ3n) is 2.02. The topological polar surface area (TPSA) is 46.5 Å². The highest BCUT2D eigenvalue weighted by molar-refractivity contribution is 6.04. The lowest BCUT2D eigenvalue weighted by molar-refractivity contribution is -0.114. The van der Waals surface area contributed by atoms with Crippen molar-refractivity contribution in [2.24, 2.45) is 0 Å². The standard InChI is InChI=1S/C9H12O3/c1-6-4-7(10)8(12-3)5-9(6,2)11/h4-5,11H,1-3H3. The molecular formula is C9H12O3. The van der Waals surface area contributed by atoms with Gasteiger partial charge in [0.25, 0.3) is 0 Å². The van der Waals surface area contributed by atoms with E-state index in [1.807, 2.05) is 0 Å². The van der Waals surface area contributed by atoms with E-state index in [2.05, 4.69) is 0 Å². The van der Waals surface area contributed by atoms with Gasteiger partial charge in [0, 0.05) is 0 Å². The van der Waals surface area contributed by atoms with Crippen LogP contribution in [0.15, 0.2) is 23.5 Å². The summed E-state index contributed by atoms with van der Waals surface area (Å²) in [6.07, 6.45) is 2.81. The maximum Gasteiger partial charge on any atom is 0.220 e. The van der Waals surface area contributed by atoms with Crippen LogP contribution in [-0.4, -0.2) is 23.6 Å². The van der Waals surface area contributed by atoms with Crippen molar-refractivity contribution in [2.75, 3.05) is 7.11 Å². The van der Waals surface area contributed by atoms with Crippen LogP contribution in [0.3, 0.4) is 0 Å². The van der Waals surface area contributed by atoms with E-state index < -0.39 is 5.60 Å². The number of aliphatic hydroxyl groups is 1. The first-order chi connectivity index (χ1) is 5.47. The first-order valence-electron chi connectivity index (χ1n) is 3.69. The Bertz CT molecular complexity index is 271. The Labute approximate surface area is 71.3 Å². The molecule has 1 unspecified atom stereocenters. The van der Waals surface area contributed by atoms with Crippen LogP contribution in [0.2, 0.25) is 0 Å². The van der Waals surface area contributed by atoms with Gasteiger partial charge in [-0.2, -0.15) is 0 Å². The third kappa shape index (κ3) is 1.41. The summed E-state index contributed by atoms with van der Waals surface area (Å²) in [6, 6.07) is 0. The van der Waals surface area contributed by atoms with Gasteiger partial charge in [-0.05, 0) is 31.6 Å². The van der Waals surface area contributed by atoms with Crippen molar-refractivity contribution >= 4 is 5.78 Å². The molecule has 0 radical (unpaired) electrons. The molecule has 1 atom stereocenters. The molecule has 1 N–H and O–H groups in total. The molecule has 0 fully saturated rings. The fourth-order valence-electron chi connectivity index (χ4n) is 1.01. The SMILES string of the molecule is COC1=CC(C)(O)C(C)=CC1=O. The van der Waals surface area contributed by atoms with E-state index in [1.54, 1.807) is 13.8 Å². The average Bonchev–Trinajstić information content (AvgIpc) is 1.97. The van der Waals surface area contributed by atoms with Gasteiger partial charge >= 0.3 is 0 Å². The minimum atomic E-state index is -1.06. The van der Waals surface area contributed by atoms with Crippen molar-refractivity contribution in [3.05, 3.63) is 23.5 Å². The number of allylic oxidation sites excluding steroid dienone is 1. The fourth-order valence-corrected chi connectivity index (χ4v) is 1.01. The van der Waals surface area contributed by atoms with Crippen molar-refractivity contribution in [3.8, 4) is 0 Å². The highest BCUT2D eigenvalue weighted by Gasteiger charge is 2.28. The molecule has 0 amide bonds. The van der Waals surface area contributed by atoms with E-state index in [1.165, 1.54) is 19.3 Å². The van der Waals surface area contributed by atoms with Crippen LogP contribution in [-0.2, 0) is 9.53 Å². The molecule has 1 rings (SSSR count). The Balaban J connectivity index is 3.05. The zero-order valence-electron chi connectivity index (χ0n) is 7.42. The summed E-state index contributed by atoms with van der Waals surface area (Å²) >= 11 is 0. The summed E-state index contributed by atoms with van der Waals surface area (Å²) < 4.78 is 4.79. The highest BCUT2D eigenvalue weighted by atomic mass is 16.5. The first-order valence-corrected chi connectivity index (χ1v) is 3.69. The molecule has 0 aliphatic heterocycles. The molecule has 3 nitrogen and oxygen atoms in total. The van der Waals surface area contributed by atoms with E-state index in [4.69, 9.17) is 4.74 Å². The number of hydrogen-bond acceptors (Lipinski definition) is 3. The summed E-state index contributed by atoms with van der Waals surface area (Å²) in [5.74, 6) is 0.00660. The smallest absolute Gasteiger partial charge is 0.220 e. The Morgan fingerprint density at radius 3 is 2.67 bits per heavy atom. The van der Waals surface area contributed by atoms with Gasteiger partial charge in [0.15, 0.2) is 5.76 Å². The zero-order chi connectivity index (χ0) is 9.35. The van der Waals surface area contributed by atoms with E-state index in [0.717, 1.165) is 0 Å². The molecule has 1 aliphatic carbocycles. The first kappa shape index (κ1) is 9.00. The van der Waals surface area contributed by atoms with Crippen molar-refractivity contribution in [3.63, 3.8) is 0 Å². The van der Waals surface area contributed by atoms with Gasteiger partial charge < -0.3 is 9.84 Å². The molecule has 0 aromatic heterocycles. The van der Waals surface area contributed by atoms with Crippen LogP contribution >= 0.6 is 0 Å². The summed E-state index contributed by atoms with van der Waals surface area (Å²) in [6.45, 7) is 3.32. The van der Waals surface area contributed by atoms with Crippen LogP contribution in [0, 0.1) is 0 Å². The number of carbonyl (C=O) groups excluding carboxylic acids is 1. The van der Waals surface area contributed by atoms with E-state index in [9.17, 15) is 9.90 Å².